The molecule has 0 aromatic carbocycles. The van der Waals surface area contributed by atoms with Crippen molar-refractivity contribution in [2.75, 3.05) is 0 Å². The van der Waals surface area contributed by atoms with Crippen LogP contribution >= 0.6 is 22.6 Å². The molecule has 3 fully saturated rings. The standard InChI is InChI=1S/C9H13IO2/c1-9(12-5-11)6-3-2-4-7(9)8(6)10/h5-8H,2-4H2,1H3/t6-,7+,8?,9?. The number of alkyl halides is 1. The predicted octanol–water partition coefficient (Wildman–Crippen LogP) is 2.15. The van der Waals surface area contributed by atoms with Crippen molar-refractivity contribution < 1.29 is 9.53 Å². The van der Waals surface area contributed by atoms with Gasteiger partial charge in [0.1, 0.15) is 5.60 Å². The highest BCUT2D eigenvalue weighted by Gasteiger charge is 2.61. The van der Waals surface area contributed by atoms with Gasteiger partial charge in [-0.05, 0) is 19.8 Å². The highest BCUT2D eigenvalue weighted by atomic mass is 127. The van der Waals surface area contributed by atoms with Crippen LogP contribution in [0, 0.1) is 11.8 Å². The van der Waals surface area contributed by atoms with Crippen LogP contribution in [-0.4, -0.2) is 16.0 Å². The molecule has 3 aliphatic carbocycles. The second-order valence-electron chi connectivity index (χ2n) is 3.99. The number of fused-ring (bicyclic) bond motifs is 2. The van der Waals surface area contributed by atoms with Crippen molar-refractivity contribution in [1.29, 1.82) is 0 Å². The first kappa shape index (κ1) is 8.78. The SMILES string of the molecule is CC1(OC=O)[C@@H]2CCC[C@H]1C2I. The van der Waals surface area contributed by atoms with Gasteiger partial charge in [0.25, 0.3) is 6.47 Å². The molecule has 0 aliphatic heterocycles. The Morgan fingerprint density at radius 1 is 1.50 bits per heavy atom. The minimum absolute atomic E-state index is 0.119. The van der Waals surface area contributed by atoms with Gasteiger partial charge in [-0.2, -0.15) is 0 Å². The number of hydrogen-bond donors (Lipinski definition) is 0. The summed E-state index contributed by atoms with van der Waals surface area (Å²) < 4.78 is 5.95. The van der Waals surface area contributed by atoms with E-state index < -0.39 is 0 Å². The summed E-state index contributed by atoms with van der Waals surface area (Å²) >= 11 is 2.50. The lowest BCUT2D eigenvalue weighted by Crippen LogP contribution is -2.65. The van der Waals surface area contributed by atoms with Crippen molar-refractivity contribution in [3.8, 4) is 0 Å². The molecule has 2 bridgehead atoms. The maximum absolute atomic E-state index is 10.3. The zero-order chi connectivity index (χ0) is 8.77. The lowest BCUT2D eigenvalue weighted by atomic mass is 9.54. The van der Waals surface area contributed by atoms with Gasteiger partial charge in [0.2, 0.25) is 0 Å². The van der Waals surface area contributed by atoms with Crippen molar-refractivity contribution >= 4 is 29.1 Å². The zero-order valence-electron chi connectivity index (χ0n) is 7.13. The summed E-state index contributed by atoms with van der Waals surface area (Å²) in [7, 11) is 0. The van der Waals surface area contributed by atoms with Gasteiger partial charge in [-0.15, -0.1) is 0 Å². The Morgan fingerprint density at radius 3 is 2.50 bits per heavy atom. The molecule has 3 heteroatoms. The third-order valence-corrected chi connectivity index (χ3v) is 5.31. The van der Waals surface area contributed by atoms with E-state index in [9.17, 15) is 4.79 Å². The van der Waals surface area contributed by atoms with E-state index in [0.717, 1.165) is 3.92 Å². The molecule has 2 nitrogen and oxygen atoms in total. The molecule has 3 aliphatic rings. The Morgan fingerprint density at radius 2 is 2.08 bits per heavy atom. The summed E-state index contributed by atoms with van der Waals surface area (Å²) in [4.78, 5) is 10.3. The van der Waals surface area contributed by atoms with E-state index in [2.05, 4.69) is 29.5 Å². The van der Waals surface area contributed by atoms with Crippen LogP contribution in [0.15, 0.2) is 0 Å². The van der Waals surface area contributed by atoms with Gasteiger partial charge in [-0.3, -0.25) is 4.79 Å². The average Bonchev–Trinajstić information content (AvgIpc) is 2.06. The first-order valence-electron chi connectivity index (χ1n) is 4.45. The van der Waals surface area contributed by atoms with Gasteiger partial charge >= 0.3 is 0 Å². The number of hydrogen-bond acceptors (Lipinski definition) is 2. The fourth-order valence-electron chi connectivity index (χ4n) is 2.80. The summed E-state index contributed by atoms with van der Waals surface area (Å²) in [5.41, 5.74) is -0.119. The number of rotatable bonds is 2. The number of carbonyl (C=O) groups excluding carboxylic acids is 1. The Bertz CT molecular complexity index is 193. The molecule has 0 heterocycles. The second kappa shape index (κ2) is 2.86. The quantitative estimate of drug-likeness (QED) is 0.440. The van der Waals surface area contributed by atoms with E-state index in [1.165, 1.54) is 19.3 Å². The van der Waals surface area contributed by atoms with Gasteiger partial charge in [-0.25, -0.2) is 0 Å². The minimum atomic E-state index is -0.119. The minimum Gasteiger partial charge on any atom is -0.461 e. The smallest absolute Gasteiger partial charge is 0.293 e. The predicted molar refractivity (Wildman–Crippen MR) is 54.2 cm³/mol. The third kappa shape index (κ3) is 0.947. The van der Waals surface area contributed by atoms with Crippen LogP contribution in [0.25, 0.3) is 0 Å². The van der Waals surface area contributed by atoms with Crippen LogP contribution in [0.5, 0.6) is 0 Å². The topological polar surface area (TPSA) is 26.3 Å². The second-order valence-corrected chi connectivity index (χ2v) is 5.42. The third-order valence-electron chi connectivity index (χ3n) is 3.57. The van der Waals surface area contributed by atoms with Crippen molar-refractivity contribution in [2.24, 2.45) is 11.8 Å². The van der Waals surface area contributed by atoms with Gasteiger partial charge in [0, 0.05) is 15.8 Å². The highest BCUT2D eigenvalue weighted by Crippen LogP contribution is 2.58. The first-order chi connectivity index (χ1) is 5.70. The molecule has 12 heavy (non-hydrogen) atoms. The average molecular weight is 280 g/mol. The summed E-state index contributed by atoms with van der Waals surface area (Å²) in [6, 6.07) is 0. The van der Waals surface area contributed by atoms with E-state index in [1.54, 1.807) is 0 Å². The number of ether oxygens (including phenoxy) is 1. The van der Waals surface area contributed by atoms with Crippen LogP contribution in [0.3, 0.4) is 0 Å². The molecule has 3 rings (SSSR count). The molecule has 0 amide bonds. The first-order valence-corrected chi connectivity index (χ1v) is 5.70. The zero-order valence-corrected chi connectivity index (χ0v) is 9.28. The summed E-state index contributed by atoms with van der Waals surface area (Å²) in [6.07, 6.45) is 3.77. The molecule has 0 saturated heterocycles. The Kier molecular flexibility index (Phi) is 2.09. The monoisotopic (exact) mass is 280 g/mol. The van der Waals surface area contributed by atoms with Crippen molar-refractivity contribution in [3.63, 3.8) is 0 Å². The Balaban J connectivity index is 2.14. The molecule has 0 radical (unpaired) electrons. The molecule has 0 N–H and O–H groups in total. The van der Waals surface area contributed by atoms with E-state index in [0.29, 0.717) is 18.3 Å². The largest absolute Gasteiger partial charge is 0.461 e. The van der Waals surface area contributed by atoms with Gasteiger partial charge < -0.3 is 4.74 Å². The number of halogens is 1. The fourth-order valence-corrected chi connectivity index (χ4v) is 4.94. The Labute approximate surface area is 86.2 Å². The molecule has 0 aromatic rings. The Hall–Kier alpha value is 0.200. The fraction of sp³-hybridized carbons (Fsp3) is 0.889. The maximum atomic E-state index is 10.3. The molecule has 2 unspecified atom stereocenters. The number of carbonyl (C=O) groups is 1. The summed E-state index contributed by atoms with van der Waals surface area (Å²) in [6.45, 7) is 2.71. The molecule has 68 valence electrons. The molecular weight excluding hydrogens is 267 g/mol. The van der Waals surface area contributed by atoms with Crippen molar-refractivity contribution in [2.45, 2.75) is 35.7 Å². The van der Waals surface area contributed by atoms with E-state index in [4.69, 9.17) is 4.74 Å². The molecular formula is C9H13IO2. The highest BCUT2D eigenvalue weighted by molar-refractivity contribution is 14.1. The van der Waals surface area contributed by atoms with Crippen LogP contribution in [0.4, 0.5) is 0 Å². The van der Waals surface area contributed by atoms with Crippen molar-refractivity contribution in [3.05, 3.63) is 0 Å². The van der Waals surface area contributed by atoms with E-state index in [-0.39, 0.29) is 5.60 Å². The van der Waals surface area contributed by atoms with Crippen LogP contribution in [0.2, 0.25) is 0 Å². The van der Waals surface area contributed by atoms with Crippen LogP contribution < -0.4 is 0 Å². The summed E-state index contributed by atoms with van der Waals surface area (Å²) in [5.74, 6) is 1.23. The van der Waals surface area contributed by atoms with E-state index >= 15 is 0 Å². The van der Waals surface area contributed by atoms with Crippen LogP contribution in [-0.2, 0) is 9.53 Å². The van der Waals surface area contributed by atoms with Crippen LogP contribution in [0.1, 0.15) is 26.2 Å². The van der Waals surface area contributed by atoms with E-state index in [1.807, 2.05) is 0 Å². The van der Waals surface area contributed by atoms with Gasteiger partial charge in [-0.1, -0.05) is 29.0 Å². The van der Waals surface area contributed by atoms with Crippen molar-refractivity contribution in [1.82, 2.24) is 0 Å². The molecule has 3 saturated carbocycles. The molecule has 0 aromatic heterocycles. The van der Waals surface area contributed by atoms with Gasteiger partial charge in [0.15, 0.2) is 0 Å². The maximum Gasteiger partial charge on any atom is 0.293 e. The lowest BCUT2D eigenvalue weighted by Gasteiger charge is -2.59. The molecule has 0 spiro atoms. The summed E-state index contributed by atoms with van der Waals surface area (Å²) in [5, 5.41) is 0. The normalized spacial score (nSPS) is 51.0. The molecule has 4 atom stereocenters. The van der Waals surface area contributed by atoms with Gasteiger partial charge in [0.05, 0.1) is 0 Å². The lowest BCUT2D eigenvalue weighted by molar-refractivity contribution is -0.189.